The average molecular weight is 429 g/mol. The number of nitrogens with one attached hydrogen (secondary N) is 1. The molecule has 1 amide bonds. The predicted octanol–water partition coefficient (Wildman–Crippen LogP) is 5.54. The maximum atomic E-state index is 12.6. The summed E-state index contributed by atoms with van der Waals surface area (Å²) in [7, 11) is 0. The molecule has 3 aromatic carbocycles. The lowest BCUT2D eigenvalue weighted by atomic mass is 10.2. The molecule has 0 radical (unpaired) electrons. The van der Waals surface area contributed by atoms with Crippen molar-refractivity contribution in [2.45, 2.75) is 19.3 Å². The minimum atomic E-state index is -0.101. The van der Waals surface area contributed by atoms with E-state index in [4.69, 9.17) is 4.74 Å². The van der Waals surface area contributed by atoms with Gasteiger partial charge in [0, 0.05) is 18.2 Å². The number of ether oxygens (including phenoxy) is 1. The molecule has 0 aliphatic carbocycles. The molecule has 5 heteroatoms. The van der Waals surface area contributed by atoms with E-state index in [-0.39, 0.29) is 12.3 Å². The Balaban J connectivity index is 1.31. The van der Waals surface area contributed by atoms with Gasteiger partial charge in [-0.1, -0.05) is 72.8 Å². The Bertz CT molecular complexity index is 1110. The topological polar surface area (TPSA) is 51.2 Å². The molecule has 1 heterocycles. The summed E-state index contributed by atoms with van der Waals surface area (Å²) in [5, 5.41) is 5.94. The molecule has 0 bridgehead atoms. The molecule has 4 nitrogen and oxygen atoms in total. The molecule has 1 N–H and O–H groups in total. The number of amides is 1. The van der Waals surface area contributed by atoms with Crippen LogP contribution in [0.5, 0.6) is 5.75 Å². The van der Waals surface area contributed by atoms with Gasteiger partial charge < -0.3 is 10.1 Å². The summed E-state index contributed by atoms with van der Waals surface area (Å²) in [6.07, 6.45) is 1.83. The monoisotopic (exact) mass is 428 g/mol. The van der Waals surface area contributed by atoms with Crippen molar-refractivity contribution >= 4 is 22.9 Å². The Labute approximate surface area is 186 Å². The van der Waals surface area contributed by atoms with Gasteiger partial charge >= 0.3 is 0 Å². The van der Waals surface area contributed by atoms with Crippen molar-refractivity contribution in [3.8, 4) is 5.75 Å². The molecule has 0 saturated carbocycles. The van der Waals surface area contributed by atoms with Crippen molar-refractivity contribution in [2.75, 3.05) is 11.9 Å². The third-order valence-electron chi connectivity index (χ3n) is 4.79. The van der Waals surface area contributed by atoms with Gasteiger partial charge in [-0.3, -0.25) is 4.79 Å². The van der Waals surface area contributed by atoms with Gasteiger partial charge in [-0.15, -0.1) is 11.3 Å². The molecule has 0 unspecified atom stereocenters. The molecular weight excluding hydrogens is 404 g/mol. The van der Waals surface area contributed by atoms with Gasteiger partial charge in [-0.2, -0.15) is 0 Å². The van der Waals surface area contributed by atoms with E-state index < -0.39 is 0 Å². The van der Waals surface area contributed by atoms with Crippen LogP contribution in [0.25, 0.3) is 0 Å². The first-order valence-corrected chi connectivity index (χ1v) is 11.2. The molecule has 0 spiro atoms. The number of nitrogens with zero attached hydrogens (tertiary/aromatic N) is 1. The third-order valence-corrected chi connectivity index (χ3v) is 5.69. The van der Waals surface area contributed by atoms with Crippen LogP contribution in [0.3, 0.4) is 0 Å². The quantitative estimate of drug-likeness (QED) is 0.381. The Morgan fingerprint density at radius 3 is 2.32 bits per heavy atom. The predicted molar refractivity (Wildman–Crippen MR) is 126 cm³/mol. The van der Waals surface area contributed by atoms with Crippen molar-refractivity contribution in [1.29, 1.82) is 0 Å². The van der Waals surface area contributed by atoms with E-state index >= 15 is 0 Å². The molecular formula is C26H24N2O2S. The van der Waals surface area contributed by atoms with Crippen LogP contribution in [0.15, 0.2) is 90.3 Å². The fraction of sp³-hybridized carbons (Fsp3) is 0.154. The van der Waals surface area contributed by atoms with Crippen molar-refractivity contribution in [1.82, 2.24) is 4.98 Å². The molecule has 0 atom stereocenters. The zero-order valence-electron chi connectivity index (χ0n) is 17.2. The fourth-order valence-electron chi connectivity index (χ4n) is 3.26. The lowest BCUT2D eigenvalue weighted by Gasteiger charge is -2.12. The van der Waals surface area contributed by atoms with Gasteiger partial charge in [-0.25, -0.2) is 4.98 Å². The molecule has 0 saturated heterocycles. The molecule has 4 rings (SSSR count). The molecule has 31 heavy (non-hydrogen) atoms. The zero-order valence-corrected chi connectivity index (χ0v) is 18.0. The summed E-state index contributed by atoms with van der Waals surface area (Å²) in [4.78, 5) is 17.2. The summed E-state index contributed by atoms with van der Waals surface area (Å²) >= 11 is 1.59. The molecule has 0 aliphatic rings. The average Bonchev–Trinajstić information content (AvgIpc) is 3.23. The zero-order chi connectivity index (χ0) is 21.3. The Hall–Kier alpha value is -3.44. The number of benzene rings is 3. The van der Waals surface area contributed by atoms with Crippen LogP contribution in [0.2, 0.25) is 0 Å². The molecule has 1 aromatic heterocycles. The van der Waals surface area contributed by atoms with E-state index in [9.17, 15) is 4.79 Å². The summed E-state index contributed by atoms with van der Waals surface area (Å²) in [6, 6.07) is 28.0. The number of carbonyl (C=O) groups is 1. The van der Waals surface area contributed by atoms with Gasteiger partial charge in [0.2, 0.25) is 5.91 Å². The van der Waals surface area contributed by atoms with Gasteiger partial charge in [0.1, 0.15) is 5.75 Å². The Morgan fingerprint density at radius 2 is 1.55 bits per heavy atom. The van der Waals surface area contributed by atoms with Crippen LogP contribution in [-0.2, 0) is 24.1 Å². The molecule has 4 aromatic rings. The van der Waals surface area contributed by atoms with Crippen molar-refractivity contribution < 1.29 is 9.53 Å². The van der Waals surface area contributed by atoms with E-state index in [1.807, 2.05) is 66.0 Å². The number of anilines is 1. The Morgan fingerprint density at radius 1 is 0.871 bits per heavy atom. The minimum Gasteiger partial charge on any atom is -0.491 e. The number of carbonyl (C=O) groups excluding carboxylic acids is 1. The fourth-order valence-corrected chi connectivity index (χ4v) is 4.09. The molecule has 0 fully saturated rings. The third kappa shape index (κ3) is 6.27. The van der Waals surface area contributed by atoms with E-state index in [0.717, 1.165) is 23.5 Å². The maximum absolute atomic E-state index is 12.6. The summed E-state index contributed by atoms with van der Waals surface area (Å²) in [5.41, 5.74) is 3.91. The van der Waals surface area contributed by atoms with Gasteiger partial charge in [-0.05, 0) is 23.3 Å². The second-order valence-corrected chi connectivity index (χ2v) is 8.14. The SMILES string of the molecule is O=C(Cc1csc(Cc2ccccc2)n1)Nc1ccccc1OCCc1ccccc1. The molecule has 156 valence electrons. The normalized spacial score (nSPS) is 10.6. The first-order valence-electron chi connectivity index (χ1n) is 10.3. The maximum Gasteiger partial charge on any atom is 0.230 e. The summed E-state index contributed by atoms with van der Waals surface area (Å²) < 4.78 is 5.93. The minimum absolute atomic E-state index is 0.101. The molecule has 0 aliphatic heterocycles. The standard InChI is InChI=1S/C26H24N2O2S/c29-25(18-22-19-31-26(27-22)17-21-11-5-2-6-12-21)28-23-13-7-8-14-24(23)30-16-15-20-9-3-1-4-10-20/h1-14,19H,15-18H2,(H,28,29). The lowest BCUT2D eigenvalue weighted by molar-refractivity contribution is -0.115. The van der Waals surface area contributed by atoms with Crippen LogP contribution < -0.4 is 10.1 Å². The van der Waals surface area contributed by atoms with Crippen molar-refractivity contribution in [3.05, 3.63) is 112 Å². The van der Waals surface area contributed by atoms with E-state index in [1.165, 1.54) is 11.1 Å². The second-order valence-electron chi connectivity index (χ2n) is 7.20. The highest BCUT2D eigenvalue weighted by Gasteiger charge is 2.11. The second kappa shape index (κ2) is 10.5. The van der Waals surface area contributed by atoms with Crippen LogP contribution in [0.4, 0.5) is 5.69 Å². The van der Waals surface area contributed by atoms with Crippen LogP contribution in [-0.4, -0.2) is 17.5 Å². The van der Waals surface area contributed by atoms with Crippen molar-refractivity contribution in [3.63, 3.8) is 0 Å². The Kier molecular flexibility index (Phi) is 7.08. The van der Waals surface area contributed by atoms with Gasteiger partial charge in [0.25, 0.3) is 0 Å². The number of thiazole rings is 1. The number of hydrogen-bond donors (Lipinski definition) is 1. The van der Waals surface area contributed by atoms with E-state index in [0.29, 0.717) is 18.0 Å². The highest BCUT2D eigenvalue weighted by atomic mass is 32.1. The first-order chi connectivity index (χ1) is 15.3. The van der Waals surface area contributed by atoms with Crippen LogP contribution >= 0.6 is 11.3 Å². The van der Waals surface area contributed by atoms with E-state index in [1.54, 1.807) is 11.3 Å². The number of hydrogen-bond acceptors (Lipinski definition) is 4. The number of rotatable bonds is 9. The summed E-state index contributed by atoms with van der Waals surface area (Å²) in [5.74, 6) is 0.575. The number of para-hydroxylation sites is 2. The summed E-state index contributed by atoms with van der Waals surface area (Å²) in [6.45, 7) is 0.547. The van der Waals surface area contributed by atoms with Gasteiger partial charge in [0.15, 0.2) is 0 Å². The van der Waals surface area contributed by atoms with E-state index in [2.05, 4.69) is 34.6 Å². The highest BCUT2D eigenvalue weighted by Crippen LogP contribution is 2.24. The van der Waals surface area contributed by atoms with Gasteiger partial charge in [0.05, 0.1) is 29.4 Å². The lowest BCUT2D eigenvalue weighted by Crippen LogP contribution is -2.15. The number of aromatic nitrogens is 1. The largest absolute Gasteiger partial charge is 0.491 e. The smallest absolute Gasteiger partial charge is 0.230 e. The van der Waals surface area contributed by atoms with Crippen molar-refractivity contribution in [2.24, 2.45) is 0 Å². The highest BCUT2D eigenvalue weighted by molar-refractivity contribution is 7.09. The first kappa shape index (κ1) is 20.8. The van der Waals surface area contributed by atoms with Crippen LogP contribution in [0.1, 0.15) is 21.8 Å². The van der Waals surface area contributed by atoms with Crippen LogP contribution in [0, 0.1) is 0 Å².